The number of carboxylic acids is 1. The normalized spacial score (nSPS) is 17.7. The molecule has 1 aliphatic rings. The second-order valence-corrected chi connectivity index (χ2v) is 5.16. The quantitative estimate of drug-likeness (QED) is 0.514. The molecule has 8 nitrogen and oxygen atoms in total. The molecule has 1 aliphatic heterocycles. The number of urea groups is 1. The molecule has 0 aromatic heterocycles. The van der Waals surface area contributed by atoms with E-state index in [0.717, 1.165) is 13.1 Å². The lowest BCUT2D eigenvalue weighted by molar-refractivity contribution is -0.140. The third kappa shape index (κ3) is 5.58. The highest BCUT2D eigenvalue weighted by Crippen LogP contribution is 2.07. The van der Waals surface area contributed by atoms with E-state index in [1.807, 2.05) is 6.92 Å². The van der Waals surface area contributed by atoms with Crippen molar-refractivity contribution in [2.75, 3.05) is 32.7 Å². The number of carboxylic acid groups (broad SMARTS) is 1. The van der Waals surface area contributed by atoms with Gasteiger partial charge < -0.3 is 26.0 Å². The molecule has 0 spiro atoms. The van der Waals surface area contributed by atoms with Crippen molar-refractivity contribution < 1.29 is 19.5 Å². The second kappa shape index (κ2) is 8.46. The summed E-state index contributed by atoms with van der Waals surface area (Å²) >= 11 is 0. The monoisotopic (exact) mass is 300 g/mol. The van der Waals surface area contributed by atoms with Crippen LogP contribution >= 0.6 is 0 Å². The Morgan fingerprint density at radius 1 is 1.29 bits per heavy atom. The van der Waals surface area contributed by atoms with Crippen molar-refractivity contribution in [3.63, 3.8) is 0 Å². The number of carbonyl (C=O) groups excluding carboxylic acids is 2. The molecule has 0 aliphatic carbocycles. The SMILES string of the molecule is CC[C@H](C)[C@H](NC(=O)NCC(=O)N1CCNCC1)C(=O)O. The average molecular weight is 300 g/mol. The van der Waals surface area contributed by atoms with Crippen molar-refractivity contribution in [1.82, 2.24) is 20.9 Å². The molecule has 21 heavy (non-hydrogen) atoms. The van der Waals surface area contributed by atoms with Gasteiger partial charge in [0.15, 0.2) is 0 Å². The third-order valence-corrected chi connectivity index (χ3v) is 3.64. The standard InChI is InChI=1S/C13H24N4O4/c1-3-9(2)11(12(19)20)16-13(21)15-8-10(18)17-6-4-14-5-7-17/h9,11,14H,3-8H2,1-2H3,(H,19,20)(H2,15,16,21)/t9-,11-/m0/s1. The van der Waals surface area contributed by atoms with Crippen LogP contribution < -0.4 is 16.0 Å². The fourth-order valence-corrected chi connectivity index (χ4v) is 2.06. The molecule has 1 saturated heterocycles. The van der Waals surface area contributed by atoms with Gasteiger partial charge in [0.2, 0.25) is 5.91 Å². The topological polar surface area (TPSA) is 111 Å². The van der Waals surface area contributed by atoms with Crippen LogP contribution in [-0.4, -0.2) is 66.7 Å². The van der Waals surface area contributed by atoms with E-state index in [1.54, 1.807) is 11.8 Å². The van der Waals surface area contributed by atoms with Crippen LogP contribution in [0.1, 0.15) is 20.3 Å². The van der Waals surface area contributed by atoms with Crippen LogP contribution in [0.15, 0.2) is 0 Å². The lowest BCUT2D eigenvalue weighted by Gasteiger charge is -2.27. The Labute approximate surface area is 124 Å². The molecule has 3 amide bonds. The fraction of sp³-hybridized carbons (Fsp3) is 0.769. The zero-order chi connectivity index (χ0) is 15.8. The van der Waals surface area contributed by atoms with Gasteiger partial charge in [0, 0.05) is 26.2 Å². The van der Waals surface area contributed by atoms with Gasteiger partial charge in [0.25, 0.3) is 0 Å². The predicted molar refractivity (Wildman–Crippen MR) is 76.9 cm³/mol. The Balaban J connectivity index is 2.38. The molecule has 0 unspecified atom stereocenters. The Morgan fingerprint density at radius 3 is 2.43 bits per heavy atom. The van der Waals surface area contributed by atoms with Crippen LogP contribution in [0.4, 0.5) is 4.79 Å². The predicted octanol–water partition coefficient (Wildman–Crippen LogP) is -0.783. The lowest BCUT2D eigenvalue weighted by Crippen LogP contribution is -2.53. The zero-order valence-electron chi connectivity index (χ0n) is 12.5. The summed E-state index contributed by atoms with van der Waals surface area (Å²) in [5.74, 6) is -1.42. The number of piperazine rings is 1. The first-order valence-corrected chi connectivity index (χ1v) is 7.21. The smallest absolute Gasteiger partial charge is 0.326 e. The van der Waals surface area contributed by atoms with Crippen molar-refractivity contribution in [3.8, 4) is 0 Å². The van der Waals surface area contributed by atoms with Gasteiger partial charge in [-0.15, -0.1) is 0 Å². The largest absolute Gasteiger partial charge is 0.480 e. The lowest BCUT2D eigenvalue weighted by atomic mass is 9.99. The molecule has 0 aromatic carbocycles. The van der Waals surface area contributed by atoms with Crippen LogP contribution in [0.5, 0.6) is 0 Å². The van der Waals surface area contributed by atoms with E-state index < -0.39 is 18.0 Å². The van der Waals surface area contributed by atoms with Crippen LogP contribution in [0.3, 0.4) is 0 Å². The van der Waals surface area contributed by atoms with Crippen LogP contribution in [0.2, 0.25) is 0 Å². The molecule has 0 radical (unpaired) electrons. The fourth-order valence-electron chi connectivity index (χ4n) is 2.06. The van der Waals surface area contributed by atoms with E-state index in [0.29, 0.717) is 19.5 Å². The molecule has 1 rings (SSSR count). The number of nitrogens with zero attached hydrogens (tertiary/aromatic N) is 1. The molecule has 0 aromatic rings. The third-order valence-electron chi connectivity index (χ3n) is 3.64. The minimum atomic E-state index is -1.08. The summed E-state index contributed by atoms with van der Waals surface area (Å²) < 4.78 is 0. The van der Waals surface area contributed by atoms with Crippen molar-refractivity contribution in [3.05, 3.63) is 0 Å². The van der Waals surface area contributed by atoms with E-state index in [2.05, 4.69) is 16.0 Å². The molecule has 0 saturated carbocycles. The minimum absolute atomic E-state index is 0.126. The van der Waals surface area contributed by atoms with Gasteiger partial charge in [-0.05, 0) is 5.92 Å². The molecule has 120 valence electrons. The van der Waals surface area contributed by atoms with Gasteiger partial charge in [-0.1, -0.05) is 20.3 Å². The summed E-state index contributed by atoms with van der Waals surface area (Å²) in [5, 5.41) is 17.0. The number of rotatable bonds is 6. The summed E-state index contributed by atoms with van der Waals surface area (Å²) in [6.07, 6.45) is 0.636. The van der Waals surface area contributed by atoms with Gasteiger partial charge in [-0.25, -0.2) is 9.59 Å². The highest BCUT2D eigenvalue weighted by molar-refractivity contribution is 5.86. The first-order chi connectivity index (χ1) is 9.95. The first kappa shape index (κ1) is 17.2. The number of hydrogen-bond donors (Lipinski definition) is 4. The van der Waals surface area contributed by atoms with Gasteiger partial charge in [0.1, 0.15) is 6.04 Å². The zero-order valence-corrected chi connectivity index (χ0v) is 12.5. The Bertz CT molecular complexity index is 382. The number of amides is 3. The van der Waals surface area contributed by atoms with Gasteiger partial charge in [0.05, 0.1) is 6.54 Å². The van der Waals surface area contributed by atoms with E-state index >= 15 is 0 Å². The highest BCUT2D eigenvalue weighted by atomic mass is 16.4. The van der Waals surface area contributed by atoms with Crippen LogP contribution in [-0.2, 0) is 9.59 Å². The van der Waals surface area contributed by atoms with E-state index in [9.17, 15) is 14.4 Å². The number of carbonyl (C=O) groups is 3. The van der Waals surface area contributed by atoms with E-state index in [-0.39, 0.29) is 18.4 Å². The van der Waals surface area contributed by atoms with E-state index in [4.69, 9.17) is 5.11 Å². The highest BCUT2D eigenvalue weighted by Gasteiger charge is 2.25. The Hall–Kier alpha value is -1.83. The minimum Gasteiger partial charge on any atom is -0.480 e. The maximum Gasteiger partial charge on any atom is 0.326 e. The van der Waals surface area contributed by atoms with Crippen molar-refractivity contribution in [1.29, 1.82) is 0 Å². The van der Waals surface area contributed by atoms with E-state index in [1.165, 1.54) is 0 Å². The molecule has 4 N–H and O–H groups in total. The van der Waals surface area contributed by atoms with Gasteiger partial charge in [-0.3, -0.25) is 4.79 Å². The molecule has 1 heterocycles. The molecule has 2 atom stereocenters. The maximum absolute atomic E-state index is 11.9. The molecular weight excluding hydrogens is 276 g/mol. The van der Waals surface area contributed by atoms with Gasteiger partial charge in [-0.2, -0.15) is 0 Å². The molecular formula is C13H24N4O4. The number of hydrogen-bond acceptors (Lipinski definition) is 4. The molecule has 0 bridgehead atoms. The second-order valence-electron chi connectivity index (χ2n) is 5.16. The maximum atomic E-state index is 11.9. The van der Waals surface area contributed by atoms with Crippen molar-refractivity contribution in [2.24, 2.45) is 5.92 Å². The van der Waals surface area contributed by atoms with Crippen molar-refractivity contribution >= 4 is 17.9 Å². The van der Waals surface area contributed by atoms with Crippen LogP contribution in [0, 0.1) is 5.92 Å². The summed E-state index contributed by atoms with van der Waals surface area (Å²) in [7, 11) is 0. The number of nitrogens with one attached hydrogen (secondary N) is 3. The summed E-state index contributed by atoms with van der Waals surface area (Å²) in [5.41, 5.74) is 0. The Morgan fingerprint density at radius 2 is 1.90 bits per heavy atom. The number of aliphatic carboxylic acids is 1. The van der Waals surface area contributed by atoms with Gasteiger partial charge >= 0.3 is 12.0 Å². The molecule has 8 heteroatoms. The summed E-state index contributed by atoms with van der Waals surface area (Å²) in [6.45, 7) is 6.21. The average Bonchev–Trinajstić information content (AvgIpc) is 2.50. The molecule has 1 fully saturated rings. The van der Waals surface area contributed by atoms with Crippen LogP contribution in [0.25, 0.3) is 0 Å². The first-order valence-electron chi connectivity index (χ1n) is 7.21. The summed E-state index contributed by atoms with van der Waals surface area (Å²) in [4.78, 5) is 36.3. The summed E-state index contributed by atoms with van der Waals surface area (Å²) in [6, 6.07) is -1.59. The Kier molecular flexibility index (Phi) is 6.93. The van der Waals surface area contributed by atoms with Crippen molar-refractivity contribution in [2.45, 2.75) is 26.3 Å².